The molecule has 3 amide bonds. The van der Waals surface area contributed by atoms with Gasteiger partial charge in [0.1, 0.15) is 6.54 Å². The van der Waals surface area contributed by atoms with E-state index in [0.29, 0.717) is 5.56 Å². The van der Waals surface area contributed by atoms with Crippen LogP contribution in [0, 0.1) is 24.0 Å². The van der Waals surface area contributed by atoms with Crippen molar-refractivity contribution in [3.8, 4) is 0 Å². The Labute approximate surface area is 163 Å². The first-order valence-electron chi connectivity index (χ1n) is 8.81. The largest absolute Gasteiger partial charge is 0.331 e. The number of likely N-dealkylation sites (N-methyl/N-ethyl adjacent to an activating group) is 1. The number of nitro benzene ring substituents is 1. The molecule has 2 rings (SSSR count). The molecule has 1 atom stereocenters. The molecule has 2 N–H and O–H groups in total. The van der Waals surface area contributed by atoms with E-state index in [1.165, 1.54) is 24.1 Å². The number of hydrogen-bond donors (Lipinski definition) is 2. The average molecular weight is 384 g/mol. The molecule has 2 aromatic rings. The molecule has 0 fully saturated rings. The molecule has 0 saturated heterocycles. The van der Waals surface area contributed by atoms with Crippen molar-refractivity contribution in [2.75, 3.05) is 18.9 Å². The van der Waals surface area contributed by atoms with E-state index in [2.05, 4.69) is 10.6 Å². The minimum absolute atomic E-state index is 0.0417. The van der Waals surface area contributed by atoms with E-state index in [0.717, 1.165) is 16.8 Å². The monoisotopic (exact) mass is 384 g/mol. The summed E-state index contributed by atoms with van der Waals surface area (Å²) in [6, 6.07) is 10.9. The summed E-state index contributed by atoms with van der Waals surface area (Å²) in [5.74, 6) is -0.307. The van der Waals surface area contributed by atoms with E-state index >= 15 is 0 Å². The number of nitrogens with one attached hydrogen (secondary N) is 2. The second kappa shape index (κ2) is 8.98. The van der Waals surface area contributed by atoms with Gasteiger partial charge in [0.2, 0.25) is 5.91 Å². The SMILES string of the molecule is Cc1cccc(C)c1NC(=O)CN(C)C(=O)NC(C)c1cccc([N+](=O)[O-])c1. The first-order chi connectivity index (χ1) is 13.2. The highest BCUT2D eigenvalue weighted by Crippen LogP contribution is 2.20. The maximum absolute atomic E-state index is 12.4. The number of para-hydroxylation sites is 1. The van der Waals surface area contributed by atoms with Gasteiger partial charge in [0.15, 0.2) is 0 Å². The van der Waals surface area contributed by atoms with Gasteiger partial charge in [-0.15, -0.1) is 0 Å². The maximum atomic E-state index is 12.4. The summed E-state index contributed by atoms with van der Waals surface area (Å²) in [5, 5.41) is 16.5. The lowest BCUT2D eigenvalue weighted by Crippen LogP contribution is -2.42. The van der Waals surface area contributed by atoms with Crippen LogP contribution in [-0.4, -0.2) is 35.4 Å². The predicted octanol–water partition coefficient (Wildman–Crippen LogP) is 3.55. The van der Waals surface area contributed by atoms with Gasteiger partial charge in [0.25, 0.3) is 5.69 Å². The van der Waals surface area contributed by atoms with Gasteiger partial charge < -0.3 is 15.5 Å². The van der Waals surface area contributed by atoms with Crippen LogP contribution in [0.25, 0.3) is 0 Å². The highest BCUT2D eigenvalue weighted by atomic mass is 16.6. The van der Waals surface area contributed by atoms with Crippen LogP contribution in [0.5, 0.6) is 0 Å². The van der Waals surface area contributed by atoms with E-state index in [1.54, 1.807) is 19.1 Å². The van der Waals surface area contributed by atoms with Gasteiger partial charge in [-0.05, 0) is 37.5 Å². The molecule has 8 heteroatoms. The van der Waals surface area contributed by atoms with Crippen molar-refractivity contribution in [2.24, 2.45) is 0 Å². The minimum Gasteiger partial charge on any atom is -0.331 e. The number of benzene rings is 2. The van der Waals surface area contributed by atoms with E-state index in [4.69, 9.17) is 0 Å². The van der Waals surface area contributed by atoms with Crippen molar-refractivity contribution in [1.29, 1.82) is 0 Å². The Morgan fingerprint density at radius 3 is 2.36 bits per heavy atom. The first-order valence-corrected chi connectivity index (χ1v) is 8.81. The molecule has 0 aliphatic carbocycles. The van der Waals surface area contributed by atoms with Crippen molar-refractivity contribution < 1.29 is 14.5 Å². The smallest absolute Gasteiger partial charge is 0.318 e. The number of nitro groups is 1. The number of nitrogens with zero attached hydrogens (tertiary/aromatic N) is 2. The second-order valence-electron chi connectivity index (χ2n) is 6.69. The van der Waals surface area contributed by atoms with Gasteiger partial charge in [-0.25, -0.2) is 4.79 Å². The predicted molar refractivity (Wildman–Crippen MR) is 107 cm³/mol. The van der Waals surface area contributed by atoms with Gasteiger partial charge in [0, 0.05) is 24.9 Å². The molecule has 0 spiro atoms. The van der Waals surface area contributed by atoms with Gasteiger partial charge in [-0.1, -0.05) is 30.3 Å². The molecule has 0 aromatic heterocycles. The second-order valence-corrected chi connectivity index (χ2v) is 6.69. The molecule has 2 aromatic carbocycles. The third kappa shape index (κ3) is 5.29. The summed E-state index contributed by atoms with van der Waals surface area (Å²) in [6.07, 6.45) is 0. The van der Waals surface area contributed by atoms with Gasteiger partial charge in [-0.2, -0.15) is 0 Å². The quantitative estimate of drug-likeness (QED) is 0.587. The third-order valence-corrected chi connectivity index (χ3v) is 4.39. The molecule has 1 unspecified atom stereocenters. The summed E-state index contributed by atoms with van der Waals surface area (Å²) < 4.78 is 0. The van der Waals surface area contributed by atoms with Crippen molar-refractivity contribution in [3.63, 3.8) is 0 Å². The van der Waals surface area contributed by atoms with Gasteiger partial charge in [0.05, 0.1) is 11.0 Å². The zero-order valence-electron chi connectivity index (χ0n) is 16.4. The van der Waals surface area contributed by atoms with Crippen LogP contribution in [0.2, 0.25) is 0 Å². The Balaban J connectivity index is 1.96. The molecule has 0 bridgehead atoms. The lowest BCUT2D eigenvalue weighted by molar-refractivity contribution is -0.384. The summed E-state index contributed by atoms with van der Waals surface area (Å²) >= 11 is 0. The van der Waals surface area contributed by atoms with Crippen LogP contribution in [0.15, 0.2) is 42.5 Å². The number of non-ortho nitro benzene ring substituents is 1. The summed E-state index contributed by atoms with van der Waals surface area (Å²) in [7, 11) is 1.51. The van der Waals surface area contributed by atoms with Crippen LogP contribution < -0.4 is 10.6 Å². The van der Waals surface area contributed by atoms with E-state index in [1.807, 2.05) is 32.0 Å². The molecular weight excluding hydrogens is 360 g/mol. The lowest BCUT2D eigenvalue weighted by atomic mass is 10.1. The molecule has 0 aliphatic rings. The number of hydrogen-bond acceptors (Lipinski definition) is 4. The van der Waals surface area contributed by atoms with Gasteiger partial charge >= 0.3 is 6.03 Å². The number of amides is 3. The summed E-state index contributed by atoms with van der Waals surface area (Å²) in [5.41, 5.74) is 3.20. The topological polar surface area (TPSA) is 105 Å². The summed E-state index contributed by atoms with van der Waals surface area (Å²) in [6.45, 7) is 5.41. The molecule has 0 aliphatic heterocycles. The normalized spacial score (nSPS) is 11.4. The lowest BCUT2D eigenvalue weighted by Gasteiger charge is -2.21. The minimum atomic E-state index is -0.484. The van der Waals surface area contributed by atoms with Crippen molar-refractivity contribution in [1.82, 2.24) is 10.2 Å². The van der Waals surface area contributed by atoms with Crippen molar-refractivity contribution >= 4 is 23.3 Å². The van der Waals surface area contributed by atoms with Crippen molar-refractivity contribution in [3.05, 3.63) is 69.3 Å². The molecule has 8 nitrogen and oxygen atoms in total. The molecule has 148 valence electrons. The Kier molecular flexibility index (Phi) is 6.70. The standard InChI is InChI=1S/C20H24N4O4/c1-13-7-5-8-14(2)19(13)22-18(25)12-23(4)20(26)21-15(3)16-9-6-10-17(11-16)24(27)28/h5-11,15H,12H2,1-4H3,(H,21,26)(H,22,25). The van der Waals surface area contributed by atoms with Crippen LogP contribution >= 0.6 is 0 Å². The summed E-state index contributed by atoms with van der Waals surface area (Å²) in [4.78, 5) is 36.3. The van der Waals surface area contributed by atoms with E-state index in [9.17, 15) is 19.7 Å². The third-order valence-electron chi connectivity index (χ3n) is 4.39. The fourth-order valence-electron chi connectivity index (χ4n) is 2.76. The number of rotatable bonds is 6. The molecule has 0 saturated carbocycles. The highest BCUT2D eigenvalue weighted by molar-refractivity contribution is 5.95. The van der Waals surface area contributed by atoms with E-state index in [-0.39, 0.29) is 18.1 Å². The highest BCUT2D eigenvalue weighted by Gasteiger charge is 2.18. The number of aryl methyl sites for hydroxylation is 2. The first kappa shape index (κ1) is 20.9. The molecular formula is C20H24N4O4. The number of carbonyl (C=O) groups is 2. The zero-order chi connectivity index (χ0) is 20.8. The van der Waals surface area contributed by atoms with Crippen LogP contribution in [0.1, 0.15) is 29.7 Å². The van der Waals surface area contributed by atoms with Crippen LogP contribution in [0.4, 0.5) is 16.2 Å². The fraction of sp³-hybridized carbons (Fsp3) is 0.300. The number of carbonyl (C=O) groups excluding carboxylic acids is 2. The van der Waals surface area contributed by atoms with Crippen LogP contribution in [-0.2, 0) is 4.79 Å². The Morgan fingerprint density at radius 1 is 1.14 bits per heavy atom. The Bertz CT molecular complexity index is 877. The van der Waals surface area contributed by atoms with E-state index < -0.39 is 17.0 Å². The molecule has 0 radical (unpaired) electrons. The Morgan fingerprint density at radius 2 is 1.75 bits per heavy atom. The van der Waals surface area contributed by atoms with Crippen LogP contribution in [0.3, 0.4) is 0 Å². The molecule has 28 heavy (non-hydrogen) atoms. The van der Waals surface area contributed by atoms with Gasteiger partial charge in [-0.3, -0.25) is 14.9 Å². The molecule has 0 heterocycles. The zero-order valence-corrected chi connectivity index (χ0v) is 16.4. The Hall–Kier alpha value is -3.42. The number of urea groups is 1. The maximum Gasteiger partial charge on any atom is 0.318 e. The average Bonchev–Trinajstić information content (AvgIpc) is 2.64. The fourth-order valence-corrected chi connectivity index (χ4v) is 2.76. The number of anilines is 1. The van der Waals surface area contributed by atoms with Crippen molar-refractivity contribution in [2.45, 2.75) is 26.8 Å².